The third-order valence-corrected chi connectivity index (χ3v) is 4.48. The fraction of sp³-hybridized carbons (Fsp3) is 0.143. The van der Waals surface area contributed by atoms with Crippen LogP contribution < -0.4 is 20.1 Å². The zero-order valence-electron chi connectivity index (χ0n) is 15.7. The van der Waals surface area contributed by atoms with Crippen molar-refractivity contribution in [3.63, 3.8) is 0 Å². The highest BCUT2D eigenvalue weighted by Crippen LogP contribution is 2.23. The van der Waals surface area contributed by atoms with Gasteiger partial charge in [0.05, 0.1) is 11.7 Å². The Morgan fingerprint density at radius 2 is 1.90 bits per heavy atom. The number of anilines is 1. The Labute approximate surface area is 172 Å². The van der Waals surface area contributed by atoms with Crippen LogP contribution in [-0.2, 0) is 14.4 Å². The number of hydrogen-bond acceptors (Lipinski definition) is 6. The first-order valence-corrected chi connectivity index (χ1v) is 9.13. The van der Waals surface area contributed by atoms with Gasteiger partial charge in [-0.25, -0.2) is 0 Å². The van der Waals surface area contributed by atoms with Crippen LogP contribution in [0.1, 0.15) is 18.1 Å². The molecule has 2 amide bonds. The van der Waals surface area contributed by atoms with Crippen LogP contribution in [0.5, 0.6) is 5.75 Å². The summed E-state index contributed by atoms with van der Waals surface area (Å²) in [5.74, 6) is -2.12. The van der Waals surface area contributed by atoms with Gasteiger partial charge in [0, 0.05) is 0 Å². The largest absolute Gasteiger partial charge is 0.546 e. The van der Waals surface area contributed by atoms with E-state index in [4.69, 9.17) is 17.0 Å². The van der Waals surface area contributed by atoms with E-state index in [2.05, 4.69) is 5.32 Å². The molecule has 3 rings (SSSR count). The van der Waals surface area contributed by atoms with Crippen molar-refractivity contribution in [1.82, 2.24) is 5.32 Å². The Morgan fingerprint density at radius 1 is 1.21 bits per heavy atom. The molecule has 0 radical (unpaired) electrons. The average molecular weight is 409 g/mol. The van der Waals surface area contributed by atoms with Gasteiger partial charge < -0.3 is 14.6 Å². The van der Waals surface area contributed by atoms with Crippen molar-refractivity contribution in [3.05, 3.63) is 65.2 Å². The minimum atomic E-state index is -1.33. The standard InChI is InChI=1S/C21H18N2O5S/c1-12-4-3-5-15(10-12)23-19(25)17(18(24)22-21(23)29)11-14-6-8-16(9-7-14)28-13(2)20(26)27/h3-11,13H,1-2H3,(H,26,27)(H,22,24,29)/p-1/b17-11+/t13-/m1/s1. The average Bonchev–Trinajstić information content (AvgIpc) is 2.66. The van der Waals surface area contributed by atoms with Crippen LogP contribution in [0.15, 0.2) is 54.1 Å². The summed E-state index contributed by atoms with van der Waals surface area (Å²) in [6.45, 7) is 3.25. The number of aliphatic carboxylic acids is 1. The molecule has 1 saturated heterocycles. The summed E-state index contributed by atoms with van der Waals surface area (Å²) in [4.78, 5) is 37.3. The number of aryl methyl sites for hydroxylation is 1. The monoisotopic (exact) mass is 409 g/mol. The first kappa shape index (κ1) is 20.2. The summed E-state index contributed by atoms with van der Waals surface area (Å²) < 4.78 is 5.21. The smallest absolute Gasteiger partial charge is 0.270 e. The van der Waals surface area contributed by atoms with E-state index in [1.807, 2.05) is 13.0 Å². The Bertz CT molecular complexity index is 1030. The van der Waals surface area contributed by atoms with E-state index in [1.165, 1.54) is 17.9 Å². The maximum atomic E-state index is 13.0. The Balaban J connectivity index is 1.87. The quantitative estimate of drug-likeness (QED) is 0.455. The molecule has 1 atom stereocenters. The molecule has 0 aliphatic carbocycles. The van der Waals surface area contributed by atoms with Crippen molar-refractivity contribution in [1.29, 1.82) is 0 Å². The maximum Gasteiger partial charge on any atom is 0.270 e. The van der Waals surface area contributed by atoms with Gasteiger partial charge in [0.15, 0.2) is 5.11 Å². The van der Waals surface area contributed by atoms with Crippen molar-refractivity contribution < 1.29 is 24.2 Å². The van der Waals surface area contributed by atoms with Crippen LogP contribution in [0.2, 0.25) is 0 Å². The van der Waals surface area contributed by atoms with Gasteiger partial charge in [0.25, 0.3) is 11.8 Å². The van der Waals surface area contributed by atoms with E-state index in [-0.39, 0.29) is 10.7 Å². The van der Waals surface area contributed by atoms with Crippen LogP contribution in [0.25, 0.3) is 6.08 Å². The highest BCUT2D eigenvalue weighted by molar-refractivity contribution is 7.80. The molecule has 1 aliphatic rings. The van der Waals surface area contributed by atoms with Crippen molar-refractivity contribution in [3.8, 4) is 5.75 Å². The molecule has 1 heterocycles. The summed E-state index contributed by atoms with van der Waals surface area (Å²) in [6, 6.07) is 13.5. The van der Waals surface area contributed by atoms with Crippen molar-refractivity contribution >= 4 is 46.9 Å². The number of amides is 2. The van der Waals surface area contributed by atoms with Gasteiger partial charge in [-0.05, 0) is 67.5 Å². The number of thiocarbonyl (C=S) groups is 1. The second-order valence-electron chi connectivity index (χ2n) is 6.45. The molecule has 1 fully saturated rings. The summed E-state index contributed by atoms with van der Waals surface area (Å²) in [7, 11) is 0. The number of benzene rings is 2. The number of rotatable bonds is 5. The number of carboxylic acid groups (broad SMARTS) is 1. The lowest BCUT2D eigenvalue weighted by Crippen LogP contribution is -2.54. The molecule has 1 N–H and O–H groups in total. The topological polar surface area (TPSA) is 98.8 Å². The Hall–Kier alpha value is -3.52. The molecule has 0 saturated carbocycles. The first-order chi connectivity index (χ1) is 13.8. The molecular formula is C21H17N2O5S-. The summed E-state index contributed by atoms with van der Waals surface area (Å²) in [5.41, 5.74) is 2.00. The lowest BCUT2D eigenvalue weighted by Gasteiger charge is -2.29. The molecule has 0 unspecified atom stereocenters. The van der Waals surface area contributed by atoms with Gasteiger partial charge >= 0.3 is 0 Å². The molecule has 8 heteroatoms. The fourth-order valence-electron chi connectivity index (χ4n) is 2.72. The van der Waals surface area contributed by atoms with Crippen LogP contribution in [-0.4, -0.2) is 29.0 Å². The zero-order valence-corrected chi connectivity index (χ0v) is 16.5. The predicted molar refractivity (Wildman–Crippen MR) is 109 cm³/mol. The van der Waals surface area contributed by atoms with E-state index in [0.717, 1.165) is 5.56 Å². The normalized spacial score (nSPS) is 16.6. The van der Waals surface area contributed by atoms with Crippen LogP contribution >= 0.6 is 12.2 Å². The highest BCUT2D eigenvalue weighted by Gasteiger charge is 2.34. The van der Waals surface area contributed by atoms with Gasteiger partial charge in [0.1, 0.15) is 17.4 Å². The number of nitrogens with one attached hydrogen (secondary N) is 1. The van der Waals surface area contributed by atoms with E-state index >= 15 is 0 Å². The lowest BCUT2D eigenvalue weighted by atomic mass is 10.1. The van der Waals surface area contributed by atoms with E-state index in [0.29, 0.717) is 17.0 Å². The summed E-state index contributed by atoms with van der Waals surface area (Å²) >= 11 is 5.18. The van der Waals surface area contributed by atoms with Gasteiger partial charge in [-0.3, -0.25) is 19.8 Å². The molecule has 2 aromatic rings. The Kier molecular flexibility index (Phi) is 5.74. The lowest BCUT2D eigenvalue weighted by molar-refractivity contribution is -0.312. The second kappa shape index (κ2) is 8.24. The van der Waals surface area contributed by atoms with Crippen molar-refractivity contribution in [2.45, 2.75) is 20.0 Å². The summed E-state index contributed by atoms with van der Waals surface area (Å²) in [5, 5.41) is 13.3. The van der Waals surface area contributed by atoms with Gasteiger partial charge in [-0.2, -0.15) is 0 Å². The number of carbonyl (C=O) groups is 3. The van der Waals surface area contributed by atoms with Gasteiger partial charge in [-0.15, -0.1) is 0 Å². The second-order valence-corrected chi connectivity index (χ2v) is 6.83. The van der Waals surface area contributed by atoms with Crippen LogP contribution in [0.4, 0.5) is 5.69 Å². The molecule has 0 aromatic heterocycles. The molecule has 0 bridgehead atoms. The highest BCUT2D eigenvalue weighted by atomic mass is 32.1. The number of carboxylic acids is 1. The Morgan fingerprint density at radius 3 is 2.52 bits per heavy atom. The number of carbonyl (C=O) groups excluding carboxylic acids is 3. The van der Waals surface area contributed by atoms with E-state index in [1.54, 1.807) is 42.5 Å². The van der Waals surface area contributed by atoms with Crippen LogP contribution in [0, 0.1) is 6.92 Å². The molecule has 2 aromatic carbocycles. The van der Waals surface area contributed by atoms with E-state index in [9.17, 15) is 19.5 Å². The van der Waals surface area contributed by atoms with Gasteiger partial charge in [-0.1, -0.05) is 24.3 Å². The minimum Gasteiger partial charge on any atom is -0.546 e. The zero-order chi connectivity index (χ0) is 21.1. The molecular weight excluding hydrogens is 392 g/mol. The van der Waals surface area contributed by atoms with Crippen molar-refractivity contribution in [2.75, 3.05) is 4.90 Å². The fourth-order valence-corrected chi connectivity index (χ4v) is 3.00. The predicted octanol–water partition coefficient (Wildman–Crippen LogP) is 1.34. The number of nitrogens with zero attached hydrogens (tertiary/aromatic N) is 1. The molecule has 0 spiro atoms. The number of hydrogen-bond donors (Lipinski definition) is 1. The third-order valence-electron chi connectivity index (χ3n) is 4.20. The SMILES string of the molecule is Cc1cccc(N2C(=O)/C(=C/c3ccc(O[C@H](C)C(=O)[O-])cc3)C(=O)NC2=S)c1. The van der Waals surface area contributed by atoms with Crippen LogP contribution in [0.3, 0.4) is 0 Å². The molecule has 7 nitrogen and oxygen atoms in total. The van der Waals surface area contributed by atoms with Crippen molar-refractivity contribution in [2.24, 2.45) is 0 Å². The van der Waals surface area contributed by atoms with Gasteiger partial charge in [0.2, 0.25) is 0 Å². The molecule has 148 valence electrons. The maximum absolute atomic E-state index is 13.0. The molecule has 1 aliphatic heterocycles. The minimum absolute atomic E-state index is 0.0164. The molecule has 29 heavy (non-hydrogen) atoms. The first-order valence-electron chi connectivity index (χ1n) is 8.72. The van der Waals surface area contributed by atoms with E-state index < -0.39 is 23.9 Å². The summed E-state index contributed by atoms with van der Waals surface area (Å²) in [6.07, 6.45) is 0.336. The number of ether oxygens (including phenoxy) is 1. The third kappa shape index (κ3) is 4.49.